The Labute approximate surface area is 115 Å². The molecule has 0 amide bonds. The predicted molar refractivity (Wildman–Crippen MR) is 65.3 cm³/mol. The molecule has 21 heavy (non-hydrogen) atoms. The van der Waals surface area contributed by atoms with Crippen molar-refractivity contribution in [3.8, 4) is 28.4 Å². The highest BCUT2D eigenvalue weighted by molar-refractivity contribution is 5.75. The number of halogens is 3. The first-order chi connectivity index (χ1) is 9.86. The van der Waals surface area contributed by atoms with Crippen molar-refractivity contribution in [1.82, 2.24) is 4.98 Å². The summed E-state index contributed by atoms with van der Waals surface area (Å²) >= 11 is 0. The van der Waals surface area contributed by atoms with Crippen LogP contribution in [0.1, 0.15) is 5.69 Å². The first-order valence-corrected chi connectivity index (χ1v) is 5.80. The summed E-state index contributed by atoms with van der Waals surface area (Å²) in [6.07, 6.45) is -4.82. The van der Waals surface area contributed by atoms with Gasteiger partial charge in [-0.15, -0.1) is 0 Å². The summed E-state index contributed by atoms with van der Waals surface area (Å²) in [6.45, 7) is -0.0253. The van der Waals surface area contributed by atoms with Crippen LogP contribution in [0.4, 0.5) is 13.2 Å². The van der Waals surface area contributed by atoms with Gasteiger partial charge in [0.25, 0.3) is 5.56 Å². The number of aromatic nitrogens is 1. The molecule has 1 aromatic carbocycles. The number of hydrogen-bond donors (Lipinski definition) is 2. The molecule has 0 atom stereocenters. The number of nitrogens with one attached hydrogen (secondary N) is 1. The topological polar surface area (TPSA) is 71.6 Å². The Morgan fingerprint density at radius 1 is 1.14 bits per heavy atom. The molecule has 0 radical (unpaired) electrons. The standard InChI is InChI=1S/C13H8F3NO4/c14-13(15,16)12-11(7(18)4-10(19)17-12)6-1-2-8-9(3-6)21-5-20-8/h1-4H,5H2,(H2,17,18,19). The van der Waals surface area contributed by atoms with Crippen molar-refractivity contribution >= 4 is 0 Å². The van der Waals surface area contributed by atoms with Crippen LogP contribution in [0.25, 0.3) is 11.1 Å². The van der Waals surface area contributed by atoms with Crippen LogP contribution in [0.3, 0.4) is 0 Å². The van der Waals surface area contributed by atoms with Crippen molar-refractivity contribution < 1.29 is 27.8 Å². The van der Waals surface area contributed by atoms with Crippen LogP contribution in [-0.4, -0.2) is 16.9 Å². The van der Waals surface area contributed by atoms with Gasteiger partial charge in [0, 0.05) is 6.07 Å². The average Bonchev–Trinajstić information content (AvgIpc) is 2.83. The second-order valence-electron chi connectivity index (χ2n) is 4.33. The molecule has 0 bridgehead atoms. The molecule has 2 aromatic rings. The van der Waals surface area contributed by atoms with E-state index in [4.69, 9.17) is 9.47 Å². The van der Waals surface area contributed by atoms with Crippen molar-refractivity contribution in [1.29, 1.82) is 0 Å². The van der Waals surface area contributed by atoms with E-state index in [0.717, 1.165) is 0 Å². The molecule has 0 unspecified atom stereocenters. The van der Waals surface area contributed by atoms with E-state index in [1.165, 1.54) is 18.2 Å². The molecule has 0 saturated heterocycles. The number of hydrogen-bond acceptors (Lipinski definition) is 4. The van der Waals surface area contributed by atoms with E-state index >= 15 is 0 Å². The second kappa shape index (κ2) is 4.44. The van der Waals surface area contributed by atoms with Crippen molar-refractivity contribution in [3.05, 3.63) is 40.3 Å². The molecule has 1 aliphatic heterocycles. The van der Waals surface area contributed by atoms with Gasteiger partial charge < -0.3 is 19.6 Å². The van der Waals surface area contributed by atoms with Crippen LogP contribution in [0.2, 0.25) is 0 Å². The number of aromatic hydroxyl groups is 1. The maximum atomic E-state index is 13.0. The molecule has 2 N–H and O–H groups in total. The van der Waals surface area contributed by atoms with E-state index in [1.807, 2.05) is 0 Å². The van der Waals surface area contributed by atoms with E-state index in [-0.39, 0.29) is 18.1 Å². The number of alkyl halides is 3. The smallest absolute Gasteiger partial charge is 0.432 e. The fourth-order valence-electron chi connectivity index (χ4n) is 2.10. The van der Waals surface area contributed by atoms with Crippen LogP contribution < -0.4 is 15.0 Å². The van der Waals surface area contributed by atoms with Gasteiger partial charge in [0.2, 0.25) is 6.79 Å². The predicted octanol–water partition coefficient (Wildman–Crippen LogP) is 2.49. The minimum Gasteiger partial charge on any atom is -0.507 e. The quantitative estimate of drug-likeness (QED) is 0.848. The van der Waals surface area contributed by atoms with Gasteiger partial charge >= 0.3 is 6.18 Å². The lowest BCUT2D eigenvalue weighted by Gasteiger charge is -2.14. The van der Waals surface area contributed by atoms with Gasteiger partial charge in [-0.2, -0.15) is 13.2 Å². The van der Waals surface area contributed by atoms with Crippen LogP contribution in [0.15, 0.2) is 29.1 Å². The Balaban J connectivity index is 2.25. The largest absolute Gasteiger partial charge is 0.507 e. The van der Waals surface area contributed by atoms with Crippen molar-refractivity contribution in [2.24, 2.45) is 0 Å². The van der Waals surface area contributed by atoms with Gasteiger partial charge in [-0.05, 0) is 17.7 Å². The fourth-order valence-corrected chi connectivity index (χ4v) is 2.10. The summed E-state index contributed by atoms with van der Waals surface area (Å²) in [5.74, 6) is -0.0904. The number of aromatic amines is 1. The summed E-state index contributed by atoms with van der Waals surface area (Å²) in [5, 5.41) is 9.75. The average molecular weight is 299 g/mol. The molecule has 0 aliphatic carbocycles. The zero-order valence-electron chi connectivity index (χ0n) is 10.3. The molecular formula is C13H8F3NO4. The van der Waals surface area contributed by atoms with E-state index in [0.29, 0.717) is 11.8 Å². The zero-order chi connectivity index (χ0) is 15.2. The summed E-state index contributed by atoms with van der Waals surface area (Å²) in [6, 6.07) is 4.78. The zero-order valence-corrected chi connectivity index (χ0v) is 10.3. The summed E-state index contributed by atoms with van der Waals surface area (Å²) in [5.41, 5.74) is -2.81. The van der Waals surface area contributed by atoms with Gasteiger partial charge in [0.1, 0.15) is 11.4 Å². The Morgan fingerprint density at radius 2 is 1.86 bits per heavy atom. The molecule has 2 heterocycles. The number of ether oxygens (including phenoxy) is 2. The van der Waals surface area contributed by atoms with E-state index in [1.54, 1.807) is 4.98 Å². The Morgan fingerprint density at radius 3 is 2.57 bits per heavy atom. The Hall–Kier alpha value is -2.64. The summed E-state index contributed by atoms with van der Waals surface area (Å²) in [7, 11) is 0. The van der Waals surface area contributed by atoms with Gasteiger partial charge in [-0.1, -0.05) is 6.07 Å². The number of fused-ring (bicyclic) bond motifs is 1. The van der Waals surface area contributed by atoms with Gasteiger partial charge in [0.05, 0.1) is 5.56 Å². The molecule has 0 saturated carbocycles. The van der Waals surface area contributed by atoms with E-state index in [2.05, 4.69) is 0 Å². The number of H-pyrrole nitrogens is 1. The van der Waals surface area contributed by atoms with E-state index in [9.17, 15) is 23.1 Å². The fraction of sp³-hybridized carbons (Fsp3) is 0.154. The first kappa shape index (κ1) is 13.3. The third-order valence-corrected chi connectivity index (χ3v) is 2.97. The molecule has 5 nitrogen and oxygen atoms in total. The maximum Gasteiger partial charge on any atom is 0.432 e. The molecule has 0 fully saturated rings. The molecular weight excluding hydrogens is 291 g/mol. The third kappa shape index (κ3) is 2.28. The number of benzene rings is 1. The monoisotopic (exact) mass is 299 g/mol. The number of pyridine rings is 1. The maximum absolute atomic E-state index is 13.0. The lowest BCUT2D eigenvalue weighted by atomic mass is 10.0. The van der Waals surface area contributed by atoms with Crippen molar-refractivity contribution in [2.75, 3.05) is 6.79 Å². The number of rotatable bonds is 1. The Bertz CT molecular complexity index is 767. The lowest BCUT2D eigenvalue weighted by Crippen LogP contribution is -2.17. The lowest BCUT2D eigenvalue weighted by molar-refractivity contribution is -0.140. The van der Waals surface area contributed by atoms with Gasteiger partial charge in [-0.3, -0.25) is 4.79 Å². The molecule has 1 aliphatic rings. The molecule has 0 spiro atoms. The minimum absolute atomic E-state index is 0.0253. The minimum atomic E-state index is -4.82. The van der Waals surface area contributed by atoms with Crippen LogP contribution in [0.5, 0.6) is 17.2 Å². The van der Waals surface area contributed by atoms with Gasteiger partial charge in [0.15, 0.2) is 11.5 Å². The highest BCUT2D eigenvalue weighted by Crippen LogP contribution is 2.42. The highest BCUT2D eigenvalue weighted by atomic mass is 19.4. The third-order valence-electron chi connectivity index (χ3n) is 2.97. The molecule has 8 heteroatoms. The second-order valence-corrected chi connectivity index (χ2v) is 4.33. The summed E-state index contributed by atoms with van der Waals surface area (Å²) in [4.78, 5) is 12.9. The SMILES string of the molecule is O=c1cc(O)c(-c2ccc3c(c2)OCO3)c(C(F)(F)F)[nH]1. The summed E-state index contributed by atoms with van der Waals surface area (Å²) < 4.78 is 49.3. The van der Waals surface area contributed by atoms with E-state index < -0.39 is 28.7 Å². The van der Waals surface area contributed by atoms with Gasteiger partial charge in [-0.25, -0.2) is 0 Å². The van der Waals surface area contributed by atoms with Crippen LogP contribution in [-0.2, 0) is 6.18 Å². The van der Waals surface area contributed by atoms with Crippen LogP contribution >= 0.6 is 0 Å². The first-order valence-electron chi connectivity index (χ1n) is 5.80. The molecule has 110 valence electrons. The van der Waals surface area contributed by atoms with Crippen molar-refractivity contribution in [3.63, 3.8) is 0 Å². The van der Waals surface area contributed by atoms with Crippen molar-refractivity contribution in [2.45, 2.75) is 6.18 Å². The normalized spacial score (nSPS) is 13.5. The molecule has 1 aromatic heterocycles. The highest BCUT2D eigenvalue weighted by Gasteiger charge is 2.37. The Kier molecular flexibility index (Phi) is 2.82. The van der Waals surface area contributed by atoms with Crippen LogP contribution in [0, 0.1) is 0 Å². The molecule has 3 rings (SSSR count).